The van der Waals surface area contributed by atoms with Gasteiger partial charge in [0.1, 0.15) is 5.78 Å². The second kappa shape index (κ2) is 5.77. The third-order valence-corrected chi connectivity index (χ3v) is 4.87. The Hall–Kier alpha value is -0.420. The van der Waals surface area contributed by atoms with Gasteiger partial charge >= 0.3 is 0 Å². The van der Waals surface area contributed by atoms with Gasteiger partial charge in [-0.1, -0.05) is 0 Å². The summed E-state index contributed by atoms with van der Waals surface area (Å²) in [5.74, 6) is 0.858. The number of sulfone groups is 1. The van der Waals surface area contributed by atoms with Crippen LogP contribution in [0, 0.1) is 0 Å². The fraction of sp³-hybridized carbons (Fsp3) is 0.909. The molecule has 1 rings (SSSR count). The van der Waals surface area contributed by atoms with E-state index in [0.29, 0.717) is 17.9 Å². The fourth-order valence-corrected chi connectivity index (χ4v) is 3.85. The van der Waals surface area contributed by atoms with E-state index < -0.39 is 9.84 Å². The zero-order valence-electron chi connectivity index (χ0n) is 10.1. The molecular weight excluding hydrogens is 226 g/mol. The number of carbonyl (C=O) groups is 1. The van der Waals surface area contributed by atoms with E-state index >= 15 is 0 Å². The van der Waals surface area contributed by atoms with Crippen molar-refractivity contribution >= 4 is 15.6 Å². The molecule has 1 aliphatic heterocycles. The van der Waals surface area contributed by atoms with Crippen molar-refractivity contribution in [3.05, 3.63) is 0 Å². The van der Waals surface area contributed by atoms with E-state index in [1.165, 1.54) is 0 Å². The lowest BCUT2D eigenvalue weighted by Crippen LogP contribution is -2.33. The Morgan fingerprint density at radius 3 is 2.56 bits per heavy atom. The lowest BCUT2D eigenvalue weighted by molar-refractivity contribution is -0.117. The Morgan fingerprint density at radius 2 is 2.06 bits per heavy atom. The zero-order valence-corrected chi connectivity index (χ0v) is 10.9. The van der Waals surface area contributed by atoms with Crippen molar-refractivity contribution in [3.63, 3.8) is 0 Å². The molecule has 0 N–H and O–H groups in total. The summed E-state index contributed by atoms with van der Waals surface area (Å²) in [4.78, 5) is 12.9. The molecule has 1 saturated heterocycles. The van der Waals surface area contributed by atoms with Crippen LogP contribution in [-0.2, 0) is 14.6 Å². The number of carbonyl (C=O) groups excluding carboxylic acids is 1. The highest BCUT2D eigenvalue weighted by Gasteiger charge is 2.30. The van der Waals surface area contributed by atoms with E-state index in [2.05, 4.69) is 4.90 Å². The molecule has 0 bridgehead atoms. The van der Waals surface area contributed by atoms with Gasteiger partial charge in [-0.05, 0) is 39.8 Å². The number of rotatable bonds is 6. The maximum atomic E-state index is 11.3. The first-order chi connectivity index (χ1) is 7.41. The molecule has 4 nitrogen and oxygen atoms in total. The number of hydrogen-bond donors (Lipinski definition) is 0. The second-order valence-electron chi connectivity index (χ2n) is 4.70. The van der Waals surface area contributed by atoms with Crippen molar-refractivity contribution in [1.29, 1.82) is 0 Å². The SMILES string of the molecule is CC(=O)CCCCN(C)C1CCS(=O)(=O)C1. The van der Waals surface area contributed by atoms with Gasteiger partial charge in [0.25, 0.3) is 0 Å². The monoisotopic (exact) mass is 247 g/mol. The topological polar surface area (TPSA) is 54.5 Å². The third kappa shape index (κ3) is 4.61. The number of ketones is 1. The van der Waals surface area contributed by atoms with Crippen molar-refractivity contribution in [2.75, 3.05) is 25.1 Å². The van der Waals surface area contributed by atoms with Gasteiger partial charge in [0.05, 0.1) is 11.5 Å². The van der Waals surface area contributed by atoms with Gasteiger partial charge in [-0.15, -0.1) is 0 Å². The van der Waals surface area contributed by atoms with Gasteiger partial charge < -0.3 is 9.69 Å². The largest absolute Gasteiger partial charge is 0.302 e. The molecule has 0 aliphatic carbocycles. The minimum atomic E-state index is -2.78. The summed E-state index contributed by atoms with van der Waals surface area (Å²) in [7, 11) is -0.809. The molecule has 0 amide bonds. The maximum absolute atomic E-state index is 11.3. The van der Waals surface area contributed by atoms with Crippen LogP contribution in [0.3, 0.4) is 0 Å². The van der Waals surface area contributed by atoms with Gasteiger partial charge in [-0.2, -0.15) is 0 Å². The van der Waals surface area contributed by atoms with Gasteiger partial charge in [-0.3, -0.25) is 0 Å². The Morgan fingerprint density at radius 1 is 1.38 bits per heavy atom. The van der Waals surface area contributed by atoms with Crippen molar-refractivity contribution in [3.8, 4) is 0 Å². The average molecular weight is 247 g/mol. The average Bonchev–Trinajstić information content (AvgIpc) is 2.53. The second-order valence-corrected chi connectivity index (χ2v) is 6.93. The molecule has 1 heterocycles. The van der Waals surface area contributed by atoms with Crippen LogP contribution in [0.25, 0.3) is 0 Å². The minimum Gasteiger partial charge on any atom is -0.302 e. The Bertz CT molecular complexity index is 337. The van der Waals surface area contributed by atoms with Crippen LogP contribution in [0.2, 0.25) is 0 Å². The van der Waals surface area contributed by atoms with E-state index in [1.54, 1.807) is 6.92 Å². The number of unbranched alkanes of at least 4 members (excludes halogenated alkanes) is 1. The third-order valence-electron chi connectivity index (χ3n) is 3.12. The van der Waals surface area contributed by atoms with Crippen LogP contribution >= 0.6 is 0 Å². The molecule has 0 radical (unpaired) electrons. The molecule has 5 heteroatoms. The summed E-state index contributed by atoms with van der Waals surface area (Å²) in [6.45, 7) is 2.49. The molecule has 0 spiro atoms. The summed E-state index contributed by atoms with van der Waals surface area (Å²) in [5, 5.41) is 0. The first kappa shape index (κ1) is 13.6. The first-order valence-corrected chi connectivity index (χ1v) is 7.63. The smallest absolute Gasteiger partial charge is 0.151 e. The van der Waals surface area contributed by atoms with Crippen LogP contribution in [-0.4, -0.2) is 50.2 Å². The summed E-state index contributed by atoms with van der Waals surface area (Å²) in [5.41, 5.74) is 0. The fourth-order valence-electron chi connectivity index (χ4n) is 2.04. The highest BCUT2D eigenvalue weighted by Crippen LogP contribution is 2.16. The van der Waals surface area contributed by atoms with E-state index in [4.69, 9.17) is 0 Å². The van der Waals surface area contributed by atoms with Crippen LogP contribution in [0.5, 0.6) is 0 Å². The maximum Gasteiger partial charge on any atom is 0.151 e. The van der Waals surface area contributed by atoms with Gasteiger partial charge in [0, 0.05) is 12.5 Å². The normalized spacial score (nSPS) is 23.8. The molecule has 16 heavy (non-hydrogen) atoms. The Balaban J connectivity index is 2.21. The number of nitrogens with zero attached hydrogens (tertiary/aromatic N) is 1. The molecule has 0 saturated carbocycles. The van der Waals surface area contributed by atoms with Crippen molar-refractivity contribution in [2.45, 2.75) is 38.6 Å². The van der Waals surface area contributed by atoms with Crippen molar-refractivity contribution < 1.29 is 13.2 Å². The van der Waals surface area contributed by atoms with Crippen LogP contribution < -0.4 is 0 Å². The van der Waals surface area contributed by atoms with Crippen LogP contribution in [0.4, 0.5) is 0 Å². The van der Waals surface area contributed by atoms with E-state index in [9.17, 15) is 13.2 Å². The summed E-state index contributed by atoms with van der Waals surface area (Å²) >= 11 is 0. The molecule has 1 aliphatic rings. The van der Waals surface area contributed by atoms with E-state index in [-0.39, 0.29) is 11.8 Å². The quantitative estimate of drug-likeness (QED) is 0.653. The van der Waals surface area contributed by atoms with Gasteiger partial charge in [0.15, 0.2) is 9.84 Å². The molecular formula is C11H21NO3S. The highest BCUT2D eigenvalue weighted by molar-refractivity contribution is 7.91. The summed E-state index contributed by atoms with van der Waals surface area (Å²) in [6, 6.07) is 0.183. The minimum absolute atomic E-state index is 0.183. The number of hydrogen-bond acceptors (Lipinski definition) is 4. The predicted octanol–water partition coefficient (Wildman–Crippen LogP) is 0.865. The lowest BCUT2D eigenvalue weighted by atomic mass is 10.1. The Labute approximate surface area is 97.9 Å². The zero-order chi connectivity index (χ0) is 12.2. The molecule has 0 aromatic rings. The van der Waals surface area contributed by atoms with Crippen LogP contribution in [0.1, 0.15) is 32.6 Å². The van der Waals surface area contributed by atoms with Crippen molar-refractivity contribution in [2.24, 2.45) is 0 Å². The standard InChI is InChI=1S/C11H21NO3S/c1-10(13)5-3-4-7-12(2)11-6-8-16(14,15)9-11/h11H,3-9H2,1-2H3. The lowest BCUT2D eigenvalue weighted by Gasteiger charge is -2.22. The highest BCUT2D eigenvalue weighted by atomic mass is 32.2. The summed E-state index contributed by atoms with van der Waals surface area (Å²) < 4.78 is 22.6. The van der Waals surface area contributed by atoms with Crippen LogP contribution in [0.15, 0.2) is 0 Å². The molecule has 0 aromatic carbocycles. The van der Waals surface area contributed by atoms with Gasteiger partial charge in [-0.25, -0.2) is 8.42 Å². The van der Waals surface area contributed by atoms with E-state index in [1.807, 2.05) is 7.05 Å². The molecule has 1 unspecified atom stereocenters. The first-order valence-electron chi connectivity index (χ1n) is 5.81. The molecule has 1 atom stereocenters. The Kier molecular flexibility index (Phi) is 4.92. The number of Topliss-reactive ketones (excluding diaryl/α,β-unsaturated/α-hetero) is 1. The summed E-state index contributed by atoms with van der Waals surface area (Å²) in [6.07, 6.45) is 3.26. The molecule has 94 valence electrons. The molecule has 1 fully saturated rings. The molecule has 0 aromatic heterocycles. The predicted molar refractivity (Wildman–Crippen MR) is 64.2 cm³/mol. The van der Waals surface area contributed by atoms with Gasteiger partial charge in [0.2, 0.25) is 0 Å². The van der Waals surface area contributed by atoms with Crippen molar-refractivity contribution in [1.82, 2.24) is 4.90 Å². The van der Waals surface area contributed by atoms with E-state index in [0.717, 1.165) is 25.8 Å².